The van der Waals surface area contributed by atoms with Crippen molar-refractivity contribution in [3.8, 4) is 5.75 Å². The van der Waals surface area contributed by atoms with E-state index in [2.05, 4.69) is 38.2 Å². The molecule has 1 amide bonds. The number of hydrogen-bond acceptors (Lipinski definition) is 4. The summed E-state index contributed by atoms with van der Waals surface area (Å²) in [5.41, 5.74) is 2.22. The molecule has 0 aliphatic heterocycles. The maximum absolute atomic E-state index is 12.2. The first-order valence-corrected chi connectivity index (χ1v) is 9.58. The molecule has 0 bridgehead atoms. The number of carbonyl (C=O) groups is 2. The van der Waals surface area contributed by atoms with Crippen LogP contribution in [-0.4, -0.2) is 25.6 Å². The lowest BCUT2D eigenvalue weighted by Gasteiger charge is -2.23. The van der Waals surface area contributed by atoms with Gasteiger partial charge in [-0.1, -0.05) is 45.0 Å². The highest BCUT2D eigenvalue weighted by molar-refractivity contribution is 6.01. The molecular weight excluding hydrogens is 354 g/mol. The third kappa shape index (κ3) is 5.84. The number of ether oxygens (including phenoxy) is 2. The molecule has 0 unspecified atom stereocenters. The van der Waals surface area contributed by atoms with Crippen LogP contribution in [0.5, 0.6) is 5.75 Å². The summed E-state index contributed by atoms with van der Waals surface area (Å²) < 4.78 is 10.5. The van der Waals surface area contributed by atoms with Gasteiger partial charge in [0.25, 0.3) is 0 Å². The minimum atomic E-state index is -0.478. The first kappa shape index (κ1) is 21.5. The molecule has 5 heteroatoms. The van der Waals surface area contributed by atoms with Crippen molar-refractivity contribution in [3.05, 3.63) is 59.7 Å². The van der Waals surface area contributed by atoms with Gasteiger partial charge in [0.2, 0.25) is 5.91 Å². The van der Waals surface area contributed by atoms with Gasteiger partial charge in [-0.3, -0.25) is 4.79 Å². The molecule has 0 heterocycles. The maximum Gasteiger partial charge on any atom is 0.339 e. The molecule has 0 aliphatic rings. The molecule has 0 aliphatic carbocycles. The molecule has 0 saturated carbocycles. The van der Waals surface area contributed by atoms with Crippen LogP contribution >= 0.6 is 0 Å². The number of benzene rings is 2. The third-order valence-corrected chi connectivity index (χ3v) is 4.94. The van der Waals surface area contributed by atoms with Gasteiger partial charge in [0.15, 0.2) is 0 Å². The van der Waals surface area contributed by atoms with Gasteiger partial charge in [0.1, 0.15) is 5.75 Å². The van der Waals surface area contributed by atoms with Crippen molar-refractivity contribution >= 4 is 17.6 Å². The molecule has 28 heavy (non-hydrogen) atoms. The smallest absolute Gasteiger partial charge is 0.339 e. The highest BCUT2D eigenvalue weighted by Gasteiger charge is 2.17. The van der Waals surface area contributed by atoms with Crippen LogP contribution in [0.1, 0.15) is 56.0 Å². The number of amides is 1. The molecule has 2 aromatic rings. The third-order valence-electron chi connectivity index (χ3n) is 4.94. The van der Waals surface area contributed by atoms with Crippen LogP contribution < -0.4 is 10.1 Å². The van der Waals surface area contributed by atoms with E-state index < -0.39 is 5.97 Å². The fourth-order valence-electron chi connectivity index (χ4n) is 2.72. The zero-order valence-electron chi connectivity index (χ0n) is 17.1. The predicted octanol–water partition coefficient (Wildman–Crippen LogP) is 4.96. The van der Waals surface area contributed by atoms with Gasteiger partial charge in [-0.05, 0) is 48.1 Å². The Kier molecular flexibility index (Phi) is 7.61. The van der Waals surface area contributed by atoms with Crippen molar-refractivity contribution in [3.63, 3.8) is 0 Å². The van der Waals surface area contributed by atoms with Crippen LogP contribution in [0, 0.1) is 0 Å². The molecule has 5 nitrogen and oxygen atoms in total. The fourth-order valence-corrected chi connectivity index (χ4v) is 2.72. The topological polar surface area (TPSA) is 64.6 Å². The van der Waals surface area contributed by atoms with E-state index in [-0.39, 0.29) is 11.3 Å². The average Bonchev–Trinajstić information content (AvgIpc) is 2.71. The molecule has 0 saturated heterocycles. The highest BCUT2D eigenvalue weighted by atomic mass is 16.5. The lowest BCUT2D eigenvalue weighted by Crippen LogP contribution is -2.16. The largest absolute Gasteiger partial charge is 0.494 e. The Hall–Kier alpha value is -2.82. The molecule has 2 rings (SSSR count). The summed E-state index contributed by atoms with van der Waals surface area (Å²) in [7, 11) is 1.31. The van der Waals surface area contributed by atoms with Gasteiger partial charge < -0.3 is 14.8 Å². The highest BCUT2D eigenvalue weighted by Crippen LogP contribution is 2.28. The number of anilines is 1. The summed E-state index contributed by atoms with van der Waals surface area (Å²) in [6, 6.07) is 14.9. The second kappa shape index (κ2) is 9.93. The van der Waals surface area contributed by atoms with Gasteiger partial charge in [0.05, 0.1) is 25.0 Å². The average molecular weight is 383 g/mol. The molecule has 0 aromatic heterocycles. The van der Waals surface area contributed by atoms with E-state index >= 15 is 0 Å². The van der Waals surface area contributed by atoms with E-state index in [0.717, 1.165) is 12.2 Å². The Morgan fingerprint density at radius 3 is 2.36 bits per heavy atom. The zero-order chi connectivity index (χ0) is 20.6. The maximum atomic E-state index is 12.2. The number of esters is 1. The van der Waals surface area contributed by atoms with E-state index in [1.807, 2.05) is 12.1 Å². The number of methoxy groups -OCH3 is 1. The Morgan fingerprint density at radius 1 is 1.04 bits per heavy atom. The molecule has 150 valence electrons. The van der Waals surface area contributed by atoms with Crippen LogP contribution in [0.2, 0.25) is 0 Å². The minimum Gasteiger partial charge on any atom is -0.494 e. The summed E-state index contributed by atoms with van der Waals surface area (Å²) in [4.78, 5) is 23.9. The summed E-state index contributed by atoms with van der Waals surface area (Å²) in [6.45, 7) is 7.07. The van der Waals surface area contributed by atoms with Crippen molar-refractivity contribution in [2.45, 2.75) is 45.4 Å². The molecular formula is C23H29NO4. The SMILES string of the molecule is CCC(C)(C)c1ccc(OCCCC(=O)Nc2ccccc2C(=O)OC)cc1. The number of rotatable bonds is 9. The van der Waals surface area contributed by atoms with Gasteiger partial charge in [-0.25, -0.2) is 4.79 Å². The molecule has 1 N–H and O–H groups in total. The van der Waals surface area contributed by atoms with Crippen molar-refractivity contribution < 1.29 is 19.1 Å². The Morgan fingerprint density at radius 2 is 1.71 bits per heavy atom. The van der Waals surface area contributed by atoms with Crippen LogP contribution in [0.4, 0.5) is 5.69 Å². The summed E-state index contributed by atoms with van der Waals surface area (Å²) >= 11 is 0. The monoisotopic (exact) mass is 383 g/mol. The second-order valence-electron chi connectivity index (χ2n) is 7.30. The fraction of sp³-hybridized carbons (Fsp3) is 0.391. The first-order valence-electron chi connectivity index (χ1n) is 9.58. The zero-order valence-corrected chi connectivity index (χ0v) is 17.1. The second-order valence-corrected chi connectivity index (χ2v) is 7.30. The Bertz CT molecular complexity index is 797. The van der Waals surface area contributed by atoms with Crippen LogP contribution in [-0.2, 0) is 14.9 Å². The molecule has 0 radical (unpaired) electrons. The van der Waals surface area contributed by atoms with Gasteiger partial charge in [-0.2, -0.15) is 0 Å². The number of hydrogen-bond donors (Lipinski definition) is 1. The van der Waals surface area contributed by atoms with Crippen molar-refractivity contribution in [2.24, 2.45) is 0 Å². The van der Waals surface area contributed by atoms with E-state index in [1.165, 1.54) is 12.7 Å². The minimum absolute atomic E-state index is 0.150. The van der Waals surface area contributed by atoms with E-state index in [0.29, 0.717) is 30.7 Å². The summed E-state index contributed by atoms with van der Waals surface area (Å²) in [5, 5.41) is 2.76. The standard InChI is InChI=1S/C23H29NO4/c1-5-23(2,3)17-12-14-18(15-13-17)28-16-8-11-21(25)24-20-10-7-6-9-19(20)22(26)27-4/h6-7,9-10,12-15H,5,8,11,16H2,1-4H3,(H,24,25). The number of carbonyl (C=O) groups excluding carboxylic acids is 2. The summed E-state index contributed by atoms with van der Waals surface area (Å²) in [6.07, 6.45) is 1.95. The normalized spacial score (nSPS) is 11.0. The van der Waals surface area contributed by atoms with E-state index in [4.69, 9.17) is 9.47 Å². The van der Waals surface area contributed by atoms with Gasteiger partial charge >= 0.3 is 5.97 Å². The summed E-state index contributed by atoms with van der Waals surface area (Å²) in [5.74, 6) is 0.154. The van der Waals surface area contributed by atoms with Crippen LogP contribution in [0.3, 0.4) is 0 Å². The lowest BCUT2D eigenvalue weighted by molar-refractivity contribution is -0.116. The number of nitrogens with one attached hydrogen (secondary N) is 1. The molecule has 0 atom stereocenters. The molecule has 2 aromatic carbocycles. The Labute approximate surface area is 167 Å². The molecule has 0 fully saturated rings. The van der Waals surface area contributed by atoms with Crippen molar-refractivity contribution in [1.82, 2.24) is 0 Å². The number of para-hydroxylation sites is 1. The van der Waals surface area contributed by atoms with Crippen molar-refractivity contribution in [2.75, 3.05) is 19.0 Å². The van der Waals surface area contributed by atoms with Crippen LogP contribution in [0.15, 0.2) is 48.5 Å². The molecule has 0 spiro atoms. The van der Waals surface area contributed by atoms with Crippen LogP contribution in [0.25, 0.3) is 0 Å². The van der Waals surface area contributed by atoms with E-state index in [9.17, 15) is 9.59 Å². The first-order chi connectivity index (χ1) is 13.4. The Balaban J connectivity index is 1.80. The lowest BCUT2D eigenvalue weighted by atomic mass is 9.82. The predicted molar refractivity (Wildman–Crippen MR) is 111 cm³/mol. The van der Waals surface area contributed by atoms with Crippen molar-refractivity contribution in [1.29, 1.82) is 0 Å². The van der Waals surface area contributed by atoms with Gasteiger partial charge in [0, 0.05) is 6.42 Å². The van der Waals surface area contributed by atoms with E-state index in [1.54, 1.807) is 24.3 Å². The van der Waals surface area contributed by atoms with Gasteiger partial charge in [-0.15, -0.1) is 0 Å². The quantitative estimate of drug-likeness (QED) is 0.491.